The zero-order chi connectivity index (χ0) is 19.3. The molecule has 0 atom stereocenters. The van der Waals surface area contributed by atoms with Crippen molar-refractivity contribution < 1.29 is 9.53 Å². The molecule has 0 aliphatic carbocycles. The predicted octanol–water partition coefficient (Wildman–Crippen LogP) is 4.49. The van der Waals surface area contributed by atoms with Crippen LogP contribution in [-0.4, -0.2) is 24.2 Å². The molecule has 0 fully saturated rings. The van der Waals surface area contributed by atoms with Gasteiger partial charge in [0.25, 0.3) is 5.91 Å². The van der Waals surface area contributed by atoms with Crippen LogP contribution in [0.3, 0.4) is 0 Å². The molecular weight excluding hydrogens is 356 g/mol. The minimum absolute atomic E-state index is 0.221. The normalized spacial score (nSPS) is 10.3. The van der Waals surface area contributed by atoms with Crippen LogP contribution in [0.1, 0.15) is 48.5 Å². The lowest BCUT2D eigenvalue weighted by atomic mass is 10.1. The van der Waals surface area contributed by atoms with E-state index in [9.17, 15) is 4.79 Å². The highest BCUT2D eigenvalue weighted by Gasteiger charge is 2.08. The highest BCUT2D eigenvalue weighted by molar-refractivity contribution is 7.80. The van der Waals surface area contributed by atoms with Crippen LogP contribution < -0.4 is 15.4 Å². The Morgan fingerprint density at radius 1 is 1.00 bits per heavy atom. The van der Waals surface area contributed by atoms with Crippen LogP contribution in [-0.2, 0) is 6.42 Å². The first-order valence-corrected chi connectivity index (χ1v) is 9.96. The molecule has 0 heterocycles. The van der Waals surface area contributed by atoms with E-state index in [2.05, 4.69) is 29.7 Å². The van der Waals surface area contributed by atoms with Gasteiger partial charge in [-0.2, -0.15) is 0 Å². The second-order valence-electron chi connectivity index (χ2n) is 6.38. The van der Waals surface area contributed by atoms with Crippen molar-refractivity contribution in [1.29, 1.82) is 0 Å². The van der Waals surface area contributed by atoms with Crippen LogP contribution in [0.4, 0.5) is 0 Å². The molecule has 2 aromatic rings. The van der Waals surface area contributed by atoms with Gasteiger partial charge in [-0.25, -0.2) is 0 Å². The number of rotatable bonds is 10. The molecule has 4 nitrogen and oxygen atoms in total. The quantitative estimate of drug-likeness (QED) is 0.468. The third-order valence-electron chi connectivity index (χ3n) is 4.15. The van der Waals surface area contributed by atoms with E-state index in [1.54, 1.807) is 12.1 Å². The van der Waals surface area contributed by atoms with Crippen molar-refractivity contribution in [2.45, 2.75) is 39.0 Å². The molecule has 2 aromatic carbocycles. The number of hydrogen-bond acceptors (Lipinski definition) is 3. The van der Waals surface area contributed by atoms with Crippen molar-refractivity contribution in [1.82, 2.24) is 10.6 Å². The fraction of sp³-hybridized carbons (Fsp3) is 0.364. The van der Waals surface area contributed by atoms with Gasteiger partial charge in [0, 0.05) is 12.1 Å². The second-order valence-corrected chi connectivity index (χ2v) is 6.79. The summed E-state index contributed by atoms with van der Waals surface area (Å²) < 4.78 is 5.69. The number of amides is 1. The van der Waals surface area contributed by atoms with E-state index in [1.165, 1.54) is 24.8 Å². The van der Waals surface area contributed by atoms with Gasteiger partial charge in [0.2, 0.25) is 0 Å². The third-order valence-corrected chi connectivity index (χ3v) is 4.40. The van der Waals surface area contributed by atoms with E-state index in [4.69, 9.17) is 17.0 Å². The molecule has 2 N–H and O–H groups in total. The molecule has 0 aliphatic rings. The fourth-order valence-electron chi connectivity index (χ4n) is 2.61. The number of benzene rings is 2. The van der Waals surface area contributed by atoms with Gasteiger partial charge in [0.1, 0.15) is 5.75 Å². The lowest BCUT2D eigenvalue weighted by molar-refractivity contribution is 0.0976. The van der Waals surface area contributed by atoms with Crippen LogP contribution >= 0.6 is 12.2 Å². The summed E-state index contributed by atoms with van der Waals surface area (Å²) in [5, 5.41) is 6.11. The van der Waals surface area contributed by atoms with E-state index in [1.807, 2.05) is 30.3 Å². The number of ether oxygens (including phenoxy) is 1. The Balaban J connectivity index is 1.69. The van der Waals surface area contributed by atoms with Crippen molar-refractivity contribution >= 4 is 23.2 Å². The van der Waals surface area contributed by atoms with Crippen molar-refractivity contribution in [2.75, 3.05) is 13.2 Å². The maximum Gasteiger partial charge on any atom is 0.257 e. The van der Waals surface area contributed by atoms with E-state index < -0.39 is 0 Å². The van der Waals surface area contributed by atoms with E-state index in [0.29, 0.717) is 23.8 Å². The van der Waals surface area contributed by atoms with Gasteiger partial charge in [-0.05, 0) is 54.9 Å². The lowest BCUT2D eigenvalue weighted by Gasteiger charge is -2.10. The summed E-state index contributed by atoms with van der Waals surface area (Å²) in [6.07, 6.45) is 5.54. The SMILES string of the molecule is CCCCCCOc1ccc(C(=O)NC(=S)NCCc2ccccc2)cc1. The van der Waals surface area contributed by atoms with Gasteiger partial charge < -0.3 is 10.1 Å². The Bertz CT molecular complexity index is 702. The molecule has 2 rings (SSSR count). The summed E-state index contributed by atoms with van der Waals surface area (Å²) in [4.78, 5) is 12.3. The lowest BCUT2D eigenvalue weighted by Crippen LogP contribution is -2.40. The molecule has 0 aromatic heterocycles. The van der Waals surface area contributed by atoms with Crippen molar-refractivity contribution in [3.8, 4) is 5.75 Å². The van der Waals surface area contributed by atoms with Crippen LogP contribution in [0.15, 0.2) is 54.6 Å². The predicted molar refractivity (Wildman–Crippen MR) is 114 cm³/mol. The van der Waals surface area contributed by atoms with Crippen molar-refractivity contribution in [3.05, 3.63) is 65.7 Å². The Kier molecular flexibility index (Phi) is 9.35. The molecule has 5 heteroatoms. The van der Waals surface area contributed by atoms with Gasteiger partial charge >= 0.3 is 0 Å². The Labute approximate surface area is 167 Å². The number of unbranched alkanes of at least 4 members (excludes halogenated alkanes) is 3. The summed E-state index contributed by atoms with van der Waals surface area (Å²) in [7, 11) is 0. The van der Waals surface area contributed by atoms with Crippen LogP contribution in [0.25, 0.3) is 0 Å². The molecular formula is C22H28N2O2S. The average Bonchev–Trinajstić information content (AvgIpc) is 2.69. The summed E-state index contributed by atoms with van der Waals surface area (Å²) in [6, 6.07) is 17.3. The molecule has 0 saturated carbocycles. The monoisotopic (exact) mass is 384 g/mol. The van der Waals surface area contributed by atoms with Gasteiger partial charge in [-0.3, -0.25) is 10.1 Å². The molecule has 0 saturated heterocycles. The average molecular weight is 385 g/mol. The zero-order valence-corrected chi connectivity index (χ0v) is 16.7. The molecule has 1 amide bonds. The highest BCUT2D eigenvalue weighted by Crippen LogP contribution is 2.13. The number of nitrogens with one attached hydrogen (secondary N) is 2. The topological polar surface area (TPSA) is 50.4 Å². The fourth-order valence-corrected chi connectivity index (χ4v) is 2.80. The summed E-state index contributed by atoms with van der Waals surface area (Å²) in [5.41, 5.74) is 1.78. The number of thiocarbonyl (C=S) groups is 1. The molecule has 0 radical (unpaired) electrons. The summed E-state index contributed by atoms with van der Waals surface area (Å²) >= 11 is 5.20. The molecule has 0 spiro atoms. The third kappa shape index (κ3) is 8.22. The minimum Gasteiger partial charge on any atom is -0.494 e. The highest BCUT2D eigenvalue weighted by atomic mass is 32.1. The zero-order valence-electron chi connectivity index (χ0n) is 15.9. The van der Waals surface area contributed by atoms with E-state index in [-0.39, 0.29) is 5.91 Å². The standard InChI is InChI=1S/C22H28N2O2S/c1-2-3-4-8-17-26-20-13-11-19(12-14-20)21(25)24-22(27)23-16-15-18-9-6-5-7-10-18/h5-7,9-14H,2-4,8,15-17H2,1H3,(H2,23,24,25,27). The summed E-state index contributed by atoms with van der Waals surface area (Å²) in [5.74, 6) is 0.563. The smallest absolute Gasteiger partial charge is 0.257 e. The number of hydrogen-bond donors (Lipinski definition) is 2. The largest absolute Gasteiger partial charge is 0.494 e. The van der Waals surface area contributed by atoms with E-state index in [0.717, 1.165) is 18.6 Å². The molecule has 0 unspecified atom stereocenters. The first kappa shape index (κ1) is 20.9. The maximum absolute atomic E-state index is 12.3. The maximum atomic E-state index is 12.3. The number of carbonyl (C=O) groups is 1. The number of carbonyl (C=O) groups excluding carboxylic acids is 1. The molecule has 27 heavy (non-hydrogen) atoms. The van der Waals surface area contributed by atoms with Crippen LogP contribution in [0.5, 0.6) is 5.75 Å². The van der Waals surface area contributed by atoms with Crippen LogP contribution in [0.2, 0.25) is 0 Å². The van der Waals surface area contributed by atoms with Crippen molar-refractivity contribution in [3.63, 3.8) is 0 Å². The van der Waals surface area contributed by atoms with Gasteiger partial charge in [0.15, 0.2) is 5.11 Å². The Hall–Kier alpha value is -2.40. The first-order chi connectivity index (χ1) is 13.2. The van der Waals surface area contributed by atoms with Crippen molar-refractivity contribution in [2.24, 2.45) is 0 Å². The molecule has 144 valence electrons. The summed E-state index contributed by atoms with van der Waals surface area (Å²) in [6.45, 7) is 3.57. The second kappa shape index (κ2) is 12.1. The van der Waals surface area contributed by atoms with Crippen LogP contribution in [0, 0.1) is 0 Å². The van der Waals surface area contributed by atoms with Gasteiger partial charge in [-0.1, -0.05) is 56.5 Å². The van der Waals surface area contributed by atoms with Gasteiger partial charge in [0.05, 0.1) is 6.61 Å². The van der Waals surface area contributed by atoms with Gasteiger partial charge in [-0.15, -0.1) is 0 Å². The molecule has 0 aliphatic heterocycles. The minimum atomic E-state index is -0.221. The Morgan fingerprint density at radius 2 is 1.74 bits per heavy atom. The first-order valence-electron chi connectivity index (χ1n) is 9.55. The molecule has 0 bridgehead atoms. The van der Waals surface area contributed by atoms with E-state index >= 15 is 0 Å². The Morgan fingerprint density at radius 3 is 2.44 bits per heavy atom.